The van der Waals surface area contributed by atoms with Crippen LogP contribution in [0.25, 0.3) is 0 Å². The molecule has 2 rings (SSSR count). The molecule has 1 unspecified atom stereocenters. The zero-order valence-corrected chi connectivity index (χ0v) is 17.5. The Kier molecular flexibility index (Phi) is 10.8. The van der Waals surface area contributed by atoms with Gasteiger partial charge in [-0.2, -0.15) is 11.8 Å². The summed E-state index contributed by atoms with van der Waals surface area (Å²) >= 11 is 1.92. The predicted octanol–water partition coefficient (Wildman–Crippen LogP) is 4.03. The lowest BCUT2D eigenvalue weighted by Crippen LogP contribution is -2.40. The largest absolute Gasteiger partial charge is 0.356 e. The second-order valence-corrected chi connectivity index (χ2v) is 6.85. The molecule has 3 nitrogen and oxygen atoms in total. The van der Waals surface area contributed by atoms with Gasteiger partial charge in [0.05, 0.1) is 0 Å². The van der Waals surface area contributed by atoms with E-state index in [-0.39, 0.29) is 24.0 Å². The normalized spacial score (nSPS) is 17.1. The molecule has 23 heavy (non-hydrogen) atoms. The molecule has 0 saturated carbocycles. The van der Waals surface area contributed by atoms with Gasteiger partial charge in [-0.05, 0) is 55.2 Å². The number of fused-ring (bicyclic) bond motifs is 1. The van der Waals surface area contributed by atoms with Crippen LogP contribution in [0, 0.1) is 0 Å². The Balaban J connectivity index is 0.00000264. The summed E-state index contributed by atoms with van der Waals surface area (Å²) in [4.78, 5) is 4.34. The highest BCUT2D eigenvalue weighted by Gasteiger charge is 2.19. The molecule has 1 aromatic rings. The Bertz CT molecular complexity index is 479. The number of hydrogen-bond acceptors (Lipinski definition) is 2. The smallest absolute Gasteiger partial charge is 0.190 e. The number of aliphatic imine (C=N–C) groups is 1. The van der Waals surface area contributed by atoms with Gasteiger partial charge >= 0.3 is 0 Å². The summed E-state index contributed by atoms with van der Waals surface area (Å²) in [7, 11) is 1.85. The highest BCUT2D eigenvalue weighted by atomic mass is 127. The maximum Gasteiger partial charge on any atom is 0.190 e. The molecule has 0 spiro atoms. The highest BCUT2D eigenvalue weighted by Crippen LogP contribution is 2.30. The maximum absolute atomic E-state index is 4.34. The average Bonchev–Trinajstić information content (AvgIpc) is 2.57. The van der Waals surface area contributed by atoms with E-state index in [0.717, 1.165) is 19.0 Å². The van der Waals surface area contributed by atoms with Gasteiger partial charge in [-0.15, -0.1) is 24.0 Å². The Labute approximate surface area is 162 Å². The fourth-order valence-corrected chi connectivity index (χ4v) is 3.58. The minimum absolute atomic E-state index is 0. The van der Waals surface area contributed by atoms with E-state index in [1.54, 1.807) is 0 Å². The zero-order chi connectivity index (χ0) is 15.6. The van der Waals surface area contributed by atoms with Crippen LogP contribution in [-0.2, 0) is 6.42 Å². The van der Waals surface area contributed by atoms with Crippen LogP contribution in [0.3, 0.4) is 0 Å². The topological polar surface area (TPSA) is 36.4 Å². The van der Waals surface area contributed by atoms with E-state index in [1.165, 1.54) is 49.0 Å². The highest BCUT2D eigenvalue weighted by molar-refractivity contribution is 14.0. The molecule has 0 saturated heterocycles. The molecule has 0 fully saturated rings. The van der Waals surface area contributed by atoms with Crippen molar-refractivity contribution in [1.82, 2.24) is 10.6 Å². The van der Waals surface area contributed by atoms with E-state index in [4.69, 9.17) is 0 Å². The first-order valence-corrected chi connectivity index (χ1v) is 9.75. The summed E-state index contributed by atoms with van der Waals surface area (Å²) in [5.41, 5.74) is 3.05. The third kappa shape index (κ3) is 6.91. The second kappa shape index (κ2) is 12.0. The Morgan fingerprint density at radius 3 is 2.87 bits per heavy atom. The Hall–Kier alpha value is -0.430. The van der Waals surface area contributed by atoms with Gasteiger partial charge in [0, 0.05) is 26.1 Å². The minimum Gasteiger partial charge on any atom is -0.356 e. The number of hydrogen-bond donors (Lipinski definition) is 2. The van der Waals surface area contributed by atoms with Crippen LogP contribution in [0.1, 0.15) is 42.7 Å². The first-order chi connectivity index (χ1) is 10.8. The summed E-state index contributed by atoms with van der Waals surface area (Å²) in [6.45, 7) is 1.98. The van der Waals surface area contributed by atoms with E-state index in [2.05, 4.69) is 46.1 Å². The number of rotatable bonds is 7. The molecule has 130 valence electrons. The Morgan fingerprint density at radius 1 is 1.26 bits per heavy atom. The molecular formula is C18H30IN3S. The van der Waals surface area contributed by atoms with Crippen LogP contribution in [0.5, 0.6) is 0 Å². The van der Waals surface area contributed by atoms with E-state index in [0.29, 0.717) is 5.92 Å². The van der Waals surface area contributed by atoms with Crippen molar-refractivity contribution in [2.75, 3.05) is 32.1 Å². The summed E-state index contributed by atoms with van der Waals surface area (Å²) in [6, 6.07) is 8.89. The summed E-state index contributed by atoms with van der Waals surface area (Å²) in [5.74, 6) is 2.79. The molecule has 2 N–H and O–H groups in total. The fourth-order valence-electron chi connectivity index (χ4n) is 3.09. The van der Waals surface area contributed by atoms with E-state index < -0.39 is 0 Å². The van der Waals surface area contributed by atoms with Crippen molar-refractivity contribution in [3.8, 4) is 0 Å². The van der Waals surface area contributed by atoms with Gasteiger partial charge in [-0.1, -0.05) is 24.3 Å². The minimum atomic E-state index is 0. The number of halogens is 1. The van der Waals surface area contributed by atoms with Gasteiger partial charge in [0.25, 0.3) is 0 Å². The molecule has 0 radical (unpaired) electrons. The molecule has 0 amide bonds. The van der Waals surface area contributed by atoms with Gasteiger partial charge in [0.2, 0.25) is 0 Å². The number of thioether (sulfide) groups is 1. The van der Waals surface area contributed by atoms with Crippen molar-refractivity contribution >= 4 is 41.7 Å². The van der Waals surface area contributed by atoms with Crippen molar-refractivity contribution in [1.29, 1.82) is 0 Å². The van der Waals surface area contributed by atoms with Gasteiger partial charge in [0.15, 0.2) is 5.96 Å². The Morgan fingerprint density at radius 2 is 2.09 bits per heavy atom. The number of guanidine groups is 1. The van der Waals surface area contributed by atoms with Crippen LogP contribution >= 0.6 is 35.7 Å². The average molecular weight is 447 g/mol. The third-order valence-electron chi connectivity index (χ3n) is 4.30. The number of nitrogens with one attached hydrogen (secondary N) is 2. The molecule has 1 aliphatic rings. The van der Waals surface area contributed by atoms with Crippen LogP contribution in [0.15, 0.2) is 29.3 Å². The molecule has 5 heteroatoms. The molecule has 1 aromatic carbocycles. The lowest BCUT2D eigenvalue weighted by atomic mass is 9.83. The zero-order valence-electron chi connectivity index (χ0n) is 14.3. The van der Waals surface area contributed by atoms with Crippen LogP contribution < -0.4 is 10.6 Å². The summed E-state index contributed by atoms with van der Waals surface area (Å²) in [6.07, 6.45) is 8.43. The lowest BCUT2D eigenvalue weighted by molar-refractivity contribution is 0.539. The van der Waals surface area contributed by atoms with Crippen molar-refractivity contribution in [3.05, 3.63) is 35.4 Å². The monoisotopic (exact) mass is 447 g/mol. The first-order valence-electron chi connectivity index (χ1n) is 8.36. The van der Waals surface area contributed by atoms with Crippen molar-refractivity contribution < 1.29 is 0 Å². The second-order valence-electron chi connectivity index (χ2n) is 5.87. The van der Waals surface area contributed by atoms with Crippen LogP contribution in [0.4, 0.5) is 0 Å². The maximum atomic E-state index is 4.34. The predicted molar refractivity (Wildman–Crippen MR) is 115 cm³/mol. The molecule has 0 heterocycles. The van der Waals surface area contributed by atoms with E-state index in [9.17, 15) is 0 Å². The van der Waals surface area contributed by atoms with Crippen molar-refractivity contribution in [2.24, 2.45) is 4.99 Å². The summed E-state index contributed by atoms with van der Waals surface area (Å²) in [5, 5.41) is 6.93. The molecule has 0 aliphatic heterocycles. The van der Waals surface area contributed by atoms with Crippen molar-refractivity contribution in [2.45, 2.75) is 38.0 Å². The number of benzene rings is 1. The lowest BCUT2D eigenvalue weighted by Gasteiger charge is -2.26. The fraction of sp³-hybridized carbons (Fsp3) is 0.611. The number of nitrogens with zero attached hydrogens (tertiary/aromatic N) is 1. The summed E-state index contributed by atoms with van der Waals surface area (Å²) < 4.78 is 0. The third-order valence-corrected chi connectivity index (χ3v) is 5.00. The van der Waals surface area contributed by atoms with Crippen LogP contribution in [0.2, 0.25) is 0 Å². The standard InChI is InChI=1S/C18H29N3S.HI/c1-19-18(20-12-5-6-13-22-2)21-14-16-10-7-9-15-8-3-4-11-17(15)16;/h3-4,8,11,16H,5-7,9-10,12-14H2,1-2H3,(H2,19,20,21);1H. The molecule has 0 aromatic heterocycles. The van der Waals surface area contributed by atoms with Gasteiger partial charge in [0.1, 0.15) is 0 Å². The van der Waals surface area contributed by atoms with Crippen LogP contribution in [-0.4, -0.2) is 38.1 Å². The number of aryl methyl sites for hydroxylation is 1. The number of unbranched alkanes of at least 4 members (excludes halogenated alkanes) is 1. The van der Waals surface area contributed by atoms with Gasteiger partial charge in [-0.25, -0.2) is 0 Å². The van der Waals surface area contributed by atoms with Gasteiger partial charge in [-0.3, -0.25) is 4.99 Å². The molecule has 0 bridgehead atoms. The van der Waals surface area contributed by atoms with Crippen molar-refractivity contribution in [3.63, 3.8) is 0 Å². The SMILES string of the molecule is CN=C(NCCCCSC)NCC1CCCc2ccccc21.I. The van der Waals surface area contributed by atoms with E-state index >= 15 is 0 Å². The molecule has 1 atom stereocenters. The quantitative estimate of drug-likeness (QED) is 0.287. The first kappa shape index (κ1) is 20.6. The molecular weight excluding hydrogens is 417 g/mol. The molecule has 1 aliphatic carbocycles. The van der Waals surface area contributed by atoms with Gasteiger partial charge < -0.3 is 10.6 Å². The van der Waals surface area contributed by atoms with E-state index in [1.807, 2.05) is 18.8 Å².